The fourth-order valence-corrected chi connectivity index (χ4v) is 1.43. The van der Waals surface area contributed by atoms with E-state index in [2.05, 4.69) is 10.3 Å². The predicted octanol–water partition coefficient (Wildman–Crippen LogP) is 2.45. The number of aromatic nitrogens is 2. The molecule has 0 aliphatic heterocycles. The summed E-state index contributed by atoms with van der Waals surface area (Å²) < 4.78 is 40.8. The van der Waals surface area contributed by atoms with Crippen molar-refractivity contribution in [1.29, 1.82) is 0 Å². The van der Waals surface area contributed by atoms with Crippen molar-refractivity contribution in [2.45, 2.75) is 6.54 Å². The smallest absolute Gasteiger partial charge is 0.182 e. The Morgan fingerprint density at radius 3 is 2.71 bits per heavy atom. The van der Waals surface area contributed by atoms with E-state index in [-0.39, 0.29) is 12.2 Å². The second-order valence-corrected chi connectivity index (χ2v) is 3.56. The van der Waals surface area contributed by atoms with Gasteiger partial charge in [-0.25, -0.2) is 18.2 Å². The van der Waals surface area contributed by atoms with E-state index in [4.69, 9.17) is 0 Å². The number of imidazole rings is 1. The third kappa shape index (κ3) is 2.41. The van der Waals surface area contributed by atoms with E-state index < -0.39 is 17.5 Å². The molecule has 2 aromatic rings. The summed E-state index contributed by atoms with van der Waals surface area (Å²) in [6.45, 7) is 0.184. The Balaban J connectivity index is 2.17. The minimum absolute atomic E-state index is 0.184. The number of hydrogen-bond acceptors (Lipinski definition) is 2. The third-order valence-corrected chi connectivity index (χ3v) is 2.35. The van der Waals surface area contributed by atoms with Crippen LogP contribution in [0.5, 0.6) is 0 Å². The van der Waals surface area contributed by atoms with Gasteiger partial charge in [-0.05, 0) is 0 Å². The third-order valence-electron chi connectivity index (χ3n) is 2.35. The molecule has 0 spiro atoms. The van der Waals surface area contributed by atoms with E-state index in [0.29, 0.717) is 11.9 Å². The van der Waals surface area contributed by atoms with Gasteiger partial charge in [0.2, 0.25) is 0 Å². The molecule has 0 aliphatic carbocycles. The van der Waals surface area contributed by atoms with Crippen LogP contribution >= 0.6 is 0 Å². The SMILES string of the molecule is Cn1ccnc1CNc1cc(F)cc(F)c1F. The lowest BCUT2D eigenvalue weighted by atomic mass is 10.3. The summed E-state index contributed by atoms with van der Waals surface area (Å²) in [5, 5.41) is 2.60. The van der Waals surface area contributed by atoms with Crippen molar-refractivity contribution in [2.24, 2.45) is 7.05 Å². The molecular formula is C11H10F3N3. The maximum Gasteiger partial charge on any atom is 0.182 e. The topological polar surface area (TPSA) is 29.9 Å². The maximum absolute atomic E-state index is 13.3. The Hall–Kier alpha value is -1.98. The lowest BCUT2D eigenvalue weighted by molar-refractivity contribution is 0.497. The van der Waals surface area contributed by atoms with Crippen molar-refractivity contribution in [3.05, 3.63) is 47.8 Å². The van der Waals surface area contributed by atoms with Crippen LogP contribution in [0.25, 0.3) is 0 Å². The molecule has 0 aliphatic rings. The number of aryl methyl sites for hydroxylation is 1. The van der Waals surface area contributed by atoms with Gasteiger partial charge in [0, 0.05) is 31.6 Å². The average molecular weight is 241 g/mol. The van der Waals surface area contributed by atoms with Crippen LogP contribution in [-0.2, 0) is 13.6 Å². The zero-order valence-corrected chi connectivity index (χ0v) is 9.04. The van der Waals surface area contributed by atoms with Gasteiger partial charge >= 0.3 is 0 Å². The molecule has 0 unspecified atom stereocenters. The van der Waals surface area contributed by atoms with Crippen LogP contribution in [0, 0.1) is 17.5 Å². The zero-order valence-electron chi connectivity index (χ0n) is 9.04. The molecule has 0 atom stereocenters. The summed E-state index contributed by atoms with van der Waals surface area (Å²) in [5.74, 6) is -2.51. The van der Waals surface area contributed by atoms with E-state index in [1.54, 1.807) is 24.0 Å². The summed E-state index contributed by atoms with van der Waals surface area (Å²) in [5.41, 5.74) is -0.217. The molecule has 1 aromatic carbocycles. The molecule has 0 fully saturated rings. The van der Waals surface area contributed by atoms with Crippen LogP contribution in [0.1, 0.15) is 5.82 Å². The van der Waals surface area contributed by atoms with E-state index in [1.165, 1.54) is 0 Å². The first-order chi connectivity index (χ1) is 8.08. The largest absolute Gasteiger partial charge is 0.375 e. The first-order valence-corrected chi connectivity index (χ1v) is 4.92. The Labute approximate surface area is 95.9 Å². The highest BCUT2D eigenvalue weighted by Crippen LogP contribution is 2.19. The van der Waals surface area contributed by atoms with Crippen molar-refractivity contribution < 1.29 is 13.2 Å². The van der Waals surface area contributed by atoms with Gasteiger partial charge in [-0.2, -0.15) is 0 Å². The van der Waals surface area contributed by atoms with Gasteiger partial charge < -0.3 is 9.88 Å². The van der Waals surface area contributed by atoms with Crippen molar-refractivity contribution in [1.82, 2.24) is 9.55 Å². The molecule has 3 nitrogen and oxygen atoms in total. The molecule has 6 heteroatoms. The Kier molecular flexibility index (Phi) is 3.03. The van der Waals surface area contributed by atoms with Crippen LogP contribution in [0.2, 0.25) is 0 Å². The van der Waals surface area contributed by atoms with E-state index in [9.17, 15) is 13.2 Å². The molecule has 90 valence electrons. The number of nitrogens with one attached hydrogen (secondary N) is 1. The summed E-state index contributed by atoms with van der Waals surface area (Å²) in [4.78, 5) is 4.00. The lowest BCUT2D eigenvalue weighted by Gasteiger charge is -2.08. The highest BCUT2D eigenvalue weighted by atomic mass is 19.2. The van der Waals surface area contributed by atoms with Crippen LogP contribution in [0.4, 0.5) is 18.9 Å². The predicted molar refractivity (Wildman–Crippen MR) is 56.9 cm³/mol. The van der Waals surface area contributed by atoms with Crippen molar-refractivity contribution in [3.63, 3.8) is 0 Å². The number of rotatable bonds is 3. The Morgan fingerprint density at radius 2 is 2.06 bits per heavy atom. The van der Waals surface area contributed by atoms with Gasteiger partial charge in [0.15, 0.2) is 11.6 Å². The van der Waals surface area contributed by atoms with E-state index in [1.807, 2.05) is 0 Å². The van der Waals surface area contributed by atoms with Crippen molar-refractivity contribution in [3.8, 4) is 0 Å². The molecule has 0 amide bonds. The van der Waals surface area contributed by atoms with Crippen LogP contribution < -0.4 is 5.32 Å². The Bertz CT molecular complexity index is 537. The number of benzene rings is 1. The van der Waals surface area contributed by atoms with Gasteiger partial charge in [-0.3, -0.25) is 0 Å². The van der Waals surface area contributed by atoms with Gasteiger partial charge in [-0.15, -0.1) is 0 Å². The normalized spacial score (nSPS) is 10.6. The highest BCUT2D eigenvalue weighted by Gasteiger charge is 2.11. The lowest BCUT2D eigenvalue weighted by Crippen LogP contribution is -2.07. The maximum atomic E-state index is 13.3. The zero-order chi connectivity index (χ0) is 12.4. The minimum atomic E-state index is -1.22. The van der Waals surface area contributed by atoms with Crippen molar-refractivity contribution in [2.75, 3.05) is 5.32 Å². The molecule has 2 rings (SSSR count). The summed E-state index contributed by atoms with van der Waals surface area (Å²) in [6, 6.07) is 1.41. The molecule has 1 N–H and O–H groups in total. The van der Waals surface area contributed by atoms with Crippen LogP contribution in [0.3, 0.4) is 0 Å². The van der Waals surface area contributed by atoms with E-state index >= 15 is 0 Å². The summed E-state index contributed by atoms with van der Waals surface area (Å²) in [7, 11) is 1.77. The molecule has 0 saturated carbocycles. The van der Waals surface area contributed by atoms with E-state index in [0.717, 1.165) is 6.07 Å². The molecule has 0 saturated heterocycles. The van der Waals surface area contributed by atoms with Gasteiger partial charge in [0.05, 0.1) is 12.2 Å². The number of halogens is 3. The number of nitrogens with zero attached hydrogens (tertiary/aromatic N) is 2. The fourth-order valence-electron chi connectivity index (χ4n) is 1.43. The molecular weight excluding hydrogens is 231 g/mol. The number of hydrogen-bond donors (Lipinski definition) is 1. The second-order valence-electron chi connectivity index (χ2n) is 3.56. The Morgan fingerprint density at radius 1 is 1.29 bits per heavy atom. The van der Waals surface area contributed by atoms with Crippen molar-refractivity contribution >= 4 is 5.69 Å². The fraction of sp³-hybridized carbons (Fsp3) is 0.182. The van der Waals surface area contributed by atoms with Crippen LogP contribution in [0.15, 0.2) is 24.5 Å². The molecule has 0 radical (unpaired) electrons. The number of anilines is 1. The standard InChI is InChI=1S/C11H10F3N3/c1-17-3-2-15-10(17)6-16-9-5-7(12)4-8(13)11(9)14/h2-5,16H,6H2,1H3. The molecule has 1 aromatic heterocycles. The minimum Gasteiger partial charge on any atom is -0.375 e. The highest BCUT2D eigenvalue weighted by molar-refractivity contribution is 5.45. The van der Waals surface area contributed by atoms with Crippen LogP contribution in [-0.4, -0.2) is 9.55 Å². The molecule has 1 heterocycles. The van der Waals surface area contributed by atoms with Gasteiger partial charge in [0.25, 0.3) is 0 Å². The summed E-state index contributed by atoms with van der Waals surface area (Å²) in [6.07, 6.45) is 3.30. The average Bonchev–Trinajstić information content (AvgIpc) is 2.67. The van der Waals surface area contributed by atoms with Gasteiger partial charge in [0.1, 0.15) is 11.6 Å². The summed E-state index contributed by atoms with van der Waals surface area (Å²) >= 11 is 0. The second kappa shape index (κ2) is 4.48. The molecule has 0 bridgehead atoms. The quantitative estimate of drug-likeness (QED) is 0.836. The molecule has 17 heavy (non-hydrogen) atoms. The van der Waals surface area contributed by atoms with Gasteiger partial charge in [-0.1, -0.05) is 0 Å². The monoisotopic (exact) mass is 241 g/mol. The first-order valence-electron chi connectivity index (χ1n) is 4.92. The first kappa shape index (κ1) is 11.5.